The Balaban J connectivity index is 1.38. The average Bonchev–Trinajstić information content (AvgIpc) is 2.97. The predicted octanol–water partition coefficient (Wildman–Crippen LogP) is 3.40. The van der Waals surface area contributed by atoms with Gasteiger partial charge in [-0.25, -0.2) is 0 Å². The summed E-state index contributed by atoms with van der Waals surface area (Å²) in [5.41, 5.74) is -0.00184. The van der Waals surface area contributed by atoms with Gasteiger partial charge in [0.1, 0.15) is 5.78 Å². The number of aliphatic hydroxyl groups is 2. The molecule has 5 aliphatic rings. The highest BCUT2D eigenvalue weighted by atomic mass is 16.3. The smallest absolute Gasteiger partial charge is 0.139 e. The monoisotopic (exact) mass is 403 g/mol. The van der Waals surface area contributed by atoms with Gasteiger partial charge in [0.25, 0.3) is 0 Å². The molecule has 29 heavy (non-hydrogen) atoms. The Morgan fingerprint density at radius 3 is 2.45 bits per heavy atom. The number of rotatable bonds is 4. The fourth-order valence-electron chi connectivity index (χ4n) is 8.83. The van der Waals surface area contributed by atoms with Gasteiger partial charge in [0, 0.05) is 24.4 Å². The number of carbonyl (C=O) groups is 1. The van der Waals surface area contributed by atoms with Crippen molar-refractivity contribution < 1.29 is 15.0 Å². The quantitative estimate of drug-likeness (QED) is 0.673. The molecule has 0 aromatic heterocycles. The molecule has 164 valence electrons. The van der Waals surface area contributed by atoms with Crippen molar-refractivity contribution in [1.82, 2.24) is 5.32 Å². The van der Waals surface area contributed by atoms with Crippen molar-refractivity contribution in [1.29, 1.82) is 0 Å². The van der Waals surface area contributed by atoms with Crippen molar-refractivity contribution in [2.24, 2.45) is 52.3 Å². The fourth-order valence-corrected chi connectivity index (χ4v) is 8.83. The minimum Gasteiger partial charge on any atom is -0.396 e. The summed E-state index contributed by atoms with van der Waals surface area (Å²) in [6.45, 7) is 7.13. The Morgan fingerprint density at radius 1 is 1.00 bits per heavy atom. The molecule has 5 fully saturated rings. The van der Waals surface area contributed by atoms with E-state index in [0.29, 0.717) is 30.0 Å². The van der Waals surface area contributed by atoms with E-state index in [0.717, 1.165) is 31.1 Å². The van der Waals surface area contributed by atoms with Crippen LogP contribution in [0.2, 0.25) is 0 Å². The van der Waals surface area contributed by atoms with E-state index in [1.165, 1.54) is 45.2 Å². The van der Waals surface area contributed by atoms with Crippen LogP contribution in [-0.4, -0.2) is 41.8 Å². The molecule has 0 aromatic carbocycles. The lowest BCUT2D eigenvalue weighted by atomic mass is 9.41. The summed E-state index contributed by atoms with van der Waals surface area (Å²) in [6, 6.07) is 0. The number of hydrogen-bond acceptors (Lipinski definition) is 4. The van der Waals surface area contributed by atoms with Gasteiger partial charge in [0.05, 0.1) is 6.10 Å². The second-order valence-electron chi connectivity index (χ2n) is 11.9. The Hall–Kier alpha value is -0.450. The zero-order valence-corrected chi connectivity index (χ0v) is 18.4. The van der Waals surface area contributed by atoms with Gasteiger partial charge in [-0.05, 0) is 99.0 Å². The molecular formula is C25H41NO3. The van der Waals surface area contributed by atoms with Crippen molar-refractivity contribution in [2.75, 3.05) is 19.7 Å². The summed E-state index contributed by atoms with van der Waals surface area (Å²) in [7, 11) is 0. The first kappa shape index (κ1) is 20.5. The summed E-state index contributed by atoms with van der Waals surface area (Å²) in [6.07, 6.45) is 9.69. The second-order valence-corrected chi connectivity index (χ2v) is 11.9. The van der Waals surface area contributed by atoms with Gasteiger partial charge in [-0.1, -0.05) is 20.3 Å². The number of carbonyl (C=O) groups excluding carboxylic acids is 1. The van der Waals surface area contributed by atoms with E-state index < -0.39 is 6.10 Å². The third kappa shape index (κ3) is 2.99. The Labute approximate surface area is 176 Å². The number of nitrogens with one attached hydrogen (secondary N) is 1. The first-order valence-electron chi connectivity index (χ1n) is 12.4. The zero-order chi connectivity index (χ0) is 20.4. The van der Waals surface area contributed by atoms with Gasteiger partial charge in [0.15, 0.2) is 0 Å². The standard InChI is InChI=1S/C25H41NO3/c1-24-9-7-15(3-4-16-12-26-13-16)11-20(24)17(14-27)23(29)22-18-5-6-21(28)25(18,2)10-8-19(22)24/h15-20,22-23,26-27,29H,3-14H2,1-2H3/t15-,17+,18-,19-,20?,22-,23+,24+,25-/m0/s1. The first-order valence-corrected chi connectivity index (χ1v) is 12.4. The Bertz CT molecular complexity index is 648. The molecule has 9 atom stereocenters. The van der Waals surface area contributed by atoms with Crippen LogP contribution in [0.3, 0.4) is 0 Å². The van der Waals surface area contributed by atoms with E-state index in [4.69, 9.17) is 0 Å². The topological polar surface area (TPSA) is 69.6 Å². The molecule has 0 spiro atoms. The van der Waals surface area contributed by atoms with Crippen molar-refractivity contribution >= 4 is 5.78 Å². The number of hydrogen-bond donors (Lipinski definition) is 3. The van der Waals surface area contributed by atoms with Gasteiger partial charge in [-0.2, -0.15) is 0 Å². The summed E-state index contributed by atoms with van der Waals surface area (Å²) in [5, 5.41) is 25.3. The van der Waals surface area contributed by atoms with Crippen molar-refractivity contribution in [2.45, 2.75) is 77.7 Å². The Morgan fingerprint density at radius 2 is 1.76 bits per heavy atom. The molecule has 0 radical (unpaired) electrons. The van der Waals surface area contributed by atoms with Crippen LogP contribution in [0, 0.1) is 52.3 Å². The fraction of sp³-hybridized carbons (Fsp3) is 0.960. The minimum absolute atomic E-state index is 0.00697. The zero-order valence-electron chi connectivity index (χ0n) is 18.4. The molecule has 1 unspecified atom stereocenters. The van der Waals surface area contributed by atoms with Crippen LogP contribution in [0.25, 0.3) is 0 Å². The van der Waals surface area contributed by atoms with Gasteiger partial charge < -0.3 is 15.5 Å². The lowest BCUT2D eigenvalue weighted by molar-refractivity contribution is -0.201. The molecule has 4 aliphatic carbocycles. The number of fused-ring (bicyclic) bond motifs is 5. The van der Waals surface area contributed by atoms with Gasteiger partial charge in [-0.15, -0.1) is 0 Å². The highest BCUT2D eigenvalue weighted by Crippen LogP contribution is 2.67. The van der Waals surface area contributed by atoms with Crippen LogP contribution in [0.1, 0.15) is 71.6 Å². The van der Waals surface area contributed by atoms with Crippen LogP contribution in [0.15, 0.2) is 0 Å². The molecule has 0 aromatic rings. The van der Waals surface area contributed by atoms with Crippen LogP contribution < -0.4 is 5.32 Å². The summed E-state index contributed by atoms with van der Waals surface area (Å²) in [5.74, 6) is 3.52. The average molecular weight is 404 g/mol. The van der Waals surface area contributed by atoms with Gasteiger partial charge >= 0.3 is 0 Å². The van der Waals surface area contributed by atoms with Crippen LogP contribution in [0.5, 0.6) is 0 Å². The van der Waals surface area contributed by atoms with Crippen molar-refractivity contribution in [3.05, 3.63) is 0 Å². The second kappa shape index (κ2) is 7.31. The van der Waals surface area contributed by atoms with E-state index in [2.05, 4.69) is 19.2 Å². The first-order chi connectivity index (χ1) is 13.9. The van der Waals surface area contributed by atoms with Crippen LogP contribution >= 0.6 is 0 Å². The van der Waals surface area contributed by atoms with E-state index in [1.54, 1.807) is 0 Å². The summed E-state index contributed by atoms with van der Waals surface area (Å²) in [4.78, 5) is 12.7. The predicted molar refractivity (Wildman–Crippen MR) is 113 cm³/mol. The van der Waals surface area contributed by atoms with E-state index in [-0.39, 0.29) is 29.3 Å². The molecule has 4 heteroatoms. The van der Waals surface area contributed by atoms with Crippen LogP contribution in [-0.2, 0) is 4.79 Å². The Kier molecular flexibility index (Phi) is 5.15. The molecule has 1 heterocycles. The maximum Gasteiger partial charge on any atom is 0.139 e. The minimum atomic E-state index is -0.437. The third-order valence-corrected chi connectivity index (χ3v) is 10.8. The largest absolute Gasteiger partial charge is 0.396 e. The van der Waals surface area contributed by atoms with E-state index in [1.807, 2.05) is 0 Å². The maximum atomic E-state index is 12.7. The molecule has 0 bridgehead atoms. The van der Waals surface area contributed by atoms with Gasteiger partial charge in [0.2, 0.25) is 0 Å². The molecule has 4 nitrogen and oxygen atoms in total. The summed E-state index contributed by atoms with van der Waals surface area (Å²) >= 11 is 0. The lowest BCUT2D eigenvalue weighted by Gasteiger charge is -2.64. The molecule has 0 amide bonds. The number of ketones is 1. The normalized spacial score (nSPS) is 52.4. The molecule has 5 rings (SSSR count). The summed E-state index contributed by atoms with van der Waals surface area (Å²) < 4.78 is 0. The highest BCUT2D eigenvalue weighted by Gasteiger charge is 2.64. The van der Waals surface area contributed by atoms with Crippen LogP contribution in [0.4, 0.5) is 0 Å². The van der Waals surface area contributed by atoms with E-state index in [9.17, 15) is 15.0 Å². The molecule has 1 saturated heterocycles. The number of Topliss-reactive ketones (excluding diaryl/α,β-unsaturated/α-hetero) is 1. The molecule has 3 N–H and O–H groups in total. The van der Waals surface area contributed by atoms with Gasteiger partial charge in [-0.3, -0.25) is 4.79 Å². The van der Waals surface area contributed by atoms with E-state index >= 15 is 0 Å². The molecule has 1 aliphatic heterocycles. The lowest BCUT2D eigenvalue weighted by Crippen LogP contribution is -2.62. The highest BCUT2D eigenvalue weighted by molar-refractivity contribution is 5.87. The number of aliphatic hydroxyl groups excluding tert-OH is 2. The van der Waals surface area contributed by atoms with Crippen molar-refractivity contribution in [3.8, 4) is 0 Å². The van der Waals surface area contributed by atoms with Crippen molar-refractivity contribution in [3.63, 3.8) is 0 Å². The maximum absolute atomic E-state index is 12.7. The molecular weight excluding hydrogens is 362 g/mol. The SMILES string of the molecule is C[C@]12CC[C@H](CCC3CNC3)CC1[C@@H](CO)[C@@H](O)[C@@H]1[C@@H]2CC[C@]2(C)C(=O)CC[C@@H]12. The molecule has 4 saturated carbocycles. The third-order valence-electron chi connectivity index (χ3n) is 10.8.